The molecule has 132 valence electrons. The molecule has 1 aliphatic rings. The minimum atomic E-state index is -1.03. The van der Waals surface area contributed by atoms with Crippen molar-refractivity contribution in [3.63, 3.8) is 0 Å². The fourth-order valence-electron chi connectivity index (χ4n) is 3.08. The number of halogens is 1. The molecular formula is C18H19BrN2O3S. The van der Waals surface area contributed by atoms with Gasteiger partial charge in [0.05, 0.1) is 12.8 Å². The Hall–Kier alpha value is -1.86. The lowest BCUT2D eigenvalue weighted by molar-refractivity contribution is -0.123. The maximum absolute atomic E-state index is 13.4. The normalized spacial score (nSPS) is 20.3. The highest BCUT2D eigenvalue weighted by Gasteiger charge is 2.53. The molecule has 2 heterocycles. The van der Waals surface area contributed by atoms with Gasteiger partial charge in [-0.05, 0) is 54.9 Å². The van der Waals surface area contributed by atoms with Crippen LogP contribution in [0, 0.1) is 5.92 Å². The zero-order chi connectivity index (χ0) is 18.2. The highest BCUT2D eigenvalue weighted by molar-refractivity contribution is 9.10. The first-order chi connectivity index (χ1) is 11.9. The SMILES string of the molecule is COc1ccc([C@]2(CC(C)C)NC(=S)N(c3ccc(Br)cc3)C2=O)o1. The average Bonchev–Trinajstić information content (AvgIpc) is 3.13. The predicted molar refractivity (Wildman–Crippen MR) is 104 cm³/mol. The Kier molecular flexibility index (Phi) is 4.88. The highest BCUT2D eigenvalue weighted by Crippen LogP contribution is 2.39. The molecular weight excluding hydrogens is 404 g/mol. The van der Waals surface area contributed by atoms with Gasteiger partial charge in [-0.15, -0.1) is 0 Å². The lowest BCUT2D eigenvalue weighted by Gasteiger charge is -2.26. The molecule has 5 nitrogen and oxygen atoms in total. The number of amides is 1. The maximum Gasteiger partial charge on any atom is 0.284 e. The van der Waals surface area contributed by atoms with Crippen molar-refractivity contribution in [1.82, 2.24) is 5.32 Å². The number of hydrogen-bond acceptors (Lipinski definition) is 4. The topological polar surface area (TPSA) is 54.7 Å². The highest BCUT2D eigenvalue weighted by atomic mass is 79.9. The number of ether oxygens (including phenoxy) is 1. The van der Waals surface area contributed by atoms with Crippen molar-refractivity contribution in [2.45, 2.75) is 25.8 Å². The van der Waals surface area contributed by atoms with E-state index in [1.165, 1.54) is 12.0 Å². The van der Waals surface area contributed by atoms with Crippen molar-refractivity contribution in [2.75, 3.05) is 12.0 Å². The second-order valence-electron chi connectivity index (χ2n) is 6.37. The summed E-state index contributed by atoms with van der Waals surface area (Å²) in [5.74, 6) is 0.969. The van der Waals surface area contributed by atoms with Gasteiger partial charge in [-0.3, -0.25) is 9.69 Å². The van der Waals surface area contributed by atoms with Gasteiger partial charge in [0.2, 0.25) is 0 Å². The molecule has 0 bridgehead atoms. The van der Waals surface area contributed by atoms with Gasteiger partial charge >= 0.3 is 0 Å². The van der Waals surface area contributed by atoms with Crippen LogP contribution >= 0.6 is 28.1 Å². The van der Waals surface area contributed by atoms with Crippen molar-refractivity contribution < 1.29 is 13.9 Å². The van der Waals surface area contributed by atoms with Gasteiger partial charge in [-0.1, -0.05) is 29.8 Å². The lowest BCUT2D eigenvalue weighted by atomic mass is 9.86. The third kappa shape index (κ3) is 3.18. The summed E-state index contributed by atoms with van der Waals surface area (Å²) in [6, 6.07) is 10.9. The number of furan rings is 1. The molecule has 25 heavy (non-hydrogen) atoms. The van der Waals surface area contributed by atoms with E-state index in [9.17, 15) is 4.79 Å². The number of methoxy groups -OCH3 is 1. The number of thiocarbonyl (C=S) groups is 1. The quantitative estimate of drug-likeness (QED) is 0.731. The number of hydrogen-bond donors (Lipinski definition) is 1. The van der Waals surface area contributed by atoms with Crippen LogP contribution in [-0.2, 0) is 10.3 Å². The van der Waals surface area contributed by atoms with E-state index >= 15 is 0 Å². The fraction of sp³-hybridized carbons (Fsp3) is 0.333. The van der Waals surface area contributed by atoms with Crippen LogP contribution in [0.1, 0.15) is 26.0 Å². The van der Waals surface area contributed by atoms with Crippen LogP contribution in [0.3, 0.4) is 0 Å². The number of benzene rings is 1. The van der Waals surface area contributed by atoms with E-state index < -0.39 is 5.54 Å². The summed E-state index contributed by atoms with van der Waals surface area (Å²) in [6.07, 6.45) is 0.551. The molecule has 7 heteroatoms. The molecule has 1 saturated heterocycles. The Labute approximate surface area is 160 Å². The van der Waals surface area contributed by atoms with Crippen LogP contribution < -0.4 is 15.0 Å². The summed E-state index contributed by atoms with van der Waals surface area (Å²) in [4.78, 5) is 14.9. The molecule has 1 atom stereocenters. The molecule has 0 spiro atoms. The molecule has 1 aromatic heterocycles. The van der Waals surface area contributed by atoms with Gasteiger partial charge in [0, 0.05) is 10.5 Å². The van der Waals surface area contributed by atoms with Crippen molar-refractivity contribution in [3.8, 4) is 5.95 Å². The summed E-state index contributed by atoms with van der Waals surface area (Å²) in [7, 11) is 1.53. The average molecular weight is 423 g/mol. The van der Waals surface area contributed by atoms with Crippen LogP contribution in [0.2, 0.25) is 0 Å². The third-order valence-corrected chi connectivity index (χ3v) is 4.91. The van der Waals surface area contributed by atoms with Crippen molar-refractivity contribution in [1.29, 1.82) is 0 Å². The third-order valence-electron chi connectivity index (χ3n) is 4.09. The van der Waals surface area contributed by atoms with Crippen LogP contribution in [0.15, 0.2) is 45.3 Å². The van der Waals surface area contributed by atoms with E-state index in [4.69, 9.17) is 21.4 Å². The molecule has 1 fully saturated rings. The Morgan fingerprint density at radius 1 is 1.28 bits per heavy atom. The molecule has 0 aliphatic carbocycles. The van der Waals surface area contributed by atoms with Gasteiger partial charge in [-0.25, -0.2) is 0 Å². The van der Waals surface area contributed by atoms with Gasteiger partial charge in [0.15, 0.2) is 10.7 Å². The van der Waals surface area contributed by atoms with Gasteiger partial charge in [0.25, 0.3) is 11.9 Å². The Balaban J connectivity index is 2.05. The number of carbonyl (C=O) groups is 1. The first-order valence-corrected chi connectivity index (χ1v) is 9.14. The van der Waals surface area contributed by atoms with E-state index in [1.807, 2.05) is 24.3 Å². The van der Waals surface area contributed by atoms with Crippen molar-refractivity contribution in [2.24, 2.45) is 5.92 Å². The minimum Gasteiger partial charge on any atom is -0.468 e. The molecule has 3 rings (SSSR count). The lowest BCUT2D eigenvalue weighted by Crippen LogP contribution is -2.44. The number of nitrogens with zero attached hydrogens (tertiary/aromatic N) is 1. The molecule has 0 unspecified atom stereocenters. The van der Waals surface area contributed by atoms with Crippen molar-refractivity contribution in [3.05, 3.63) is 46.6 Å². The molecule has 1 N–H and O–H groups in total. The van der Waals surface area contributed by atoms with Gasteiger partial charge in [-0.2, -0.15) is 0 Å². The summed E-state index contributed by atoms with van der Waals surface area (Å²) < 4.78 is 11.8. The molecule has 1 aromatic carbocycles. The first-order valence-electron chi connectivity index (χ1n) is 7.94. The standard InChI is InChI=1S/C18H19BrN2O3S/c1-11(2)10-18(14-8-9-15(23-3)24-14)16(22)21(17(25)20-18)13-6-4-12(19)5-7-13/h4-9,11H,10H2,1-3H3,(H,20,25)/t18-/m0/s1. The smallest absolute Gasteiger partial charge is 0.284 e. The zero-order valence-corrected chi connectivity index (χ0v) is 16.6. The monoisotopic (exact) mass is 422 g/mol. The van der Waals surface area contributed by atoms with Crippen LogP contribution in [0.5, 0.6) is 5.95 Å². The minimum absolute atomic E-state index is 0.148. The Morgan fingerprint density at radius 3 is 2.52 bits per heavy atom. The maximum atomic E-state index is 13.4. The molecule has 1 aliphatic heterocycles. The summed E-state index contributed by atoms with van der Waals surface area (Å²) in [5, 5.41) is 3.58. The van der Waals surface area contributed by atoms with Gasteiger partial charge < -0.3 is 14.5 Å². The van der Waals surface area contributed by atoms with E-state index in [2.05, 4.69) is 35.1 Å². The summed E-state index contributed by atoms with van der Waals surface area (Å²) in [6.45, 7) is 4.12. The zero-order valence-electron chi connectivity index (χ0n) is 14.2. The van der Waals surface area contributed by atoms with E-state index in [1.54, 1.807) is 12.1 Å². The predicted octanol–water partition coefficient (Wildman–Crippen LogP) is 4.21. The van der Waals surface area contributed by atoms with Crippen LogP contribution in [-0.4, -0.2) is 18.1 Å². The summed E-state index contributed by atoms with van der Waals surface area (Å²) in [5.41, 5.74) is -0.315. The number of nitrogens with one attached hydrogen (secondary N) is 1. The molecule has 2 aromatic rings. The fourth-order valence-corrected chi connectivity index (χ4v) is 3.70. The van der Waals surface area contributed by atoms with Gasteiger partial charge in [0.1, 0.15) is 5.76 Å². The summed E-state index contributed by atoms with van der Waals surface area (Å²) >= 11 is 8.88. The Morgan fingerprint density at radius 2 is 1.96 bits per heavy atom. The largest absolute Gasteiger partial charge is 0.468 e. The molecule has 0 radical (unpaired) electrons. The van der Waals surface area contributed by atoms with Crippen molar-refractivity contribution >= 4 is 44.9 Å². The molecule has 1 amide bonds. The van der Waals surface area contributed by atoms with E-state index in [0.29, 0.717) is 23.2 Å². The van der Waals surface area contributed by atoms with Crippen LogP contribution in [0.4, 0.5) is 5.69 Å². The second-order valence-corrected chi connectivity index (χ2v) is 7.68. The molecule has 0 saturated carbocycles. The van der Waals surface area contributed by atoms with Crippen LogP contribution in [0.25, 0.3) is 0 Å². The number of anilines is 1. The number of rotatable bonds is 5. The van der Waals surface area contributed by atoms with E-state index in [-0.39, 0.29) is 11.8 Å². The first kappa shape index (κ1) is 17.9. The number of carbonyl (C=O) groups excluding carboxylic acids is 1. The second kappa shape index (κ2) is 6.80. The van der Waals surface area contributed by atoms with E-state index in [0.717, 1.165) is 10.2 Å². The Bertz CT molecular complexity index is 803.